The van der Waals surface area contributed by atoms with E-state index in [0.717, 1.165) is 17.0 Å². The van der Waals surface area contributed by atoms with Gasteiger partial charge >= 0.3 is 0 Å². The summed E-state index contributed by atoms with van der Waals surface area (Å²) in [5.41, 5.74) is -0.0532. The van der Waals surface area contributed by atoms with E-state index >= 15 is 0 Å². The van der Waals surface area contributed by atoms with Crippen LogP contribution >= 0.6 is 11.6 Å². The predicted octanol–water partition coefficient (Wildman–Crippen LogP) is 2.50. The van der Waals surface area contributed by atoms with Gasteiger partial charge in [0.2, 0.25) is 11.7 Å². The number of nitrogens with zero attached hydrogens (tertiary/aromatic N) is 2. The van der Waals surface area contributed by atoms with E-state index in [2.05, 4.69) is 5.10 Å². The molecule has 2 aromatic rings. The fraction of sp³-hybridized carbons (Fsp3) is 0.375. The Kier molecular flexibility index (Phi) is 6.23. The Morgan fingerprint density at radius 2 is 2.04 bits per heavy atom. The highest BCUT2D eigenvalue weighted by atomic mass is 35.5. The van der Waals surface area contributed by atoms with Crippen molar-refractivity contribution in [2.24, 2.45) is 7.05 Å². The molecule has 1 N–H and O–H groups in total. The van der Waals surface area contributed by atoms with Crippen molar-refractivity contribution in [3.8, 4) is 5.88 Å². The average Bonchev–Trinajstić information content (AvgIpc) is 2.79. The number of rotatable bonds is 7. The number of hydrogen-bond donors (Lipinski definition) is 1. The lowest BCUT2D eigenvalue weighted by atomic mass is 10.0. The van der Waals surface area contributed by atoms with E-state index in [4.69, 9.17) is 16.3 Å². The highest BCUT2D eigenvalue weighted by molar-refractivity contribution is 7.90. The third-order valence-electron chi connectivity index (χ3n) is 3.75. The smallest absolute Gasteiger partial charge is 0.261 e. The van der Waals surface area contributed by atoms with E-state index in [0.29, 0.717) is 0 Å². The Labute approximate surface area is 159 Å². The van der Waals surface area contributed by atoms with Gasteiger partial charge in [-0.2, -0.15) is 5.10 Å². The molecule has 2 rings (SSSR count). The molecule has 11 heteroatoms. The SMILES string of the molecule is Cc1nn(C)c(O)c1C(=O)c1ccc(S(C)(=O)=O)c(COCC(F)F)c1Cl. The van der Waals surface area contributed by atoms with Gasteiger partial charge in [0.1, 0.15) is 12.2 Å². The number of aromatic hydroxyl groups is 1. The summed E-state index contributed by atoms with van der Waals surface area (Å²) < 4.78 is 54.5. The van der Waals surface area contributed by atoms with Crippen LogP contribution in [0.4, 0.5) is 8.78 Å². The van der Waals surface area contributed by atoms with E-state index in [9.17, 15) is 27.1 Å². The molecule has 0 spiro atoms. The standard InChI is InChI=1S/C16H17ClF2N2O5S/c1-8-13(16(23)21(2)20-8)15(22)9-4-5-11(27(3,24)25)10(14(9)17)6-26-7-12(18)19/h4-5,12,23H,6-7H2,1-3H3. The van der Waals surface area contributed by atoms with Crippen molar-refractivity contribution in [1.82, 2.24) is 9.78 Å². The Bertz CT molecular complexity index is 989. The summed E-state index contributed by atoms with van der Waals surface area (Å²) in [4.78, 5) is 12.6. The molecule has 0 bridgehead atoms. The number of alkyl halides is 2. The minimum absolute atomic E-state index is 0.0917. The lowest BCUT2D eigenvalue weighted by Gasteiger charge is -2.14. The quantitative estimate of drug-likeness (QED) is 0.688. The van der Waals surface area contributed by atoms with Crippen LogP contribution in [0.2, 0.25) is 5.02 Å². The van der Waals surface area contributed by atoms with Crippen LogP contribution in [0.5, 0.6) is 5.88 Å². The van der Waals surface area contributed by atoms with Gasteiger partial charge in [-0.25, -0.2) is 21.9 Å². The number of benzene rings is 1. The molecular formula is C16H17ClF2N2O5S. The van der Waals surface area contributed by atoms with Crippen LogP contribution in [0.25, 0.3) is 0 Å². The zero-order valence-electron chi connectivity index (χ0n) is 14.7. The number of carbonyl (C=O) groups is 1. The molecule has 0 aliphatic carbocycles. The minimum Gasteiger partial charge on any atom is -0.493 e. The molecule has 148 valence electrons. The van der Waals surface area contributed by atoms with Gasteiger partial charge < -0.3 is 9.84 Å². The van der Waals surface area contributed by atoms with Crippen molar-refractivity contribution in [3.63, 3.8) is 0 Å². The molecule has 0 atom stereocenters. The molecule has 0 aliphatic rings. The first-order chi connectivity index (χ1) is 12.4. The normalized spacial score (nSPS) is 12.0. The van der Waals surface area contributed by atoms with Gasteiger partial charge in [-0.15, -0.1) is 0 Å². The summed E-state index contributed by atoms with van der Waals surface area (Å²) in [6.45, 7) is 0.0727. The number of hydrogen-bond acceptors (Lipinski definition) is 6. The van der Waals surface area contributed by atoms with Crippen LogP contribution in [0.3, 0.4) is 0 Å². The zero-order valence-corrected chi connectivity index (χ0v) is 16.2. The van der Waals surface area contributed by atoms with Gasteiger partial charge in [-0.05, 0) is 19.1 Å². The Morgan fingerprint density at radius 1 is 1.41 bits per heavy atom. The third-order valence-corrected chi connectivity index (χ3v) is 5.37. The number of sulfone groups is 1. The van der Waals surface area contributed by atoms with Crippen molar-refractivity contribution in [3.05, 3.63) is 39.5 Å². The first-order valence-electron chi connectivity index (χ1n) is 7.59. The van der Waals surface area contributed by atoms with Gasteiger partial charge in [0.25, 0.3) is 6.43 Å². The summed E-state index contributed by atoms with van der Waals surface area (Å²) in [5.74, 6) is -1.06. The fourth-order valence-corrected chi connectivity index (χ4v) is 3.84. The molecule has 7 nitrogen and oxygen atoms in total. The number of carbonyl (C=O) groups excluding carboxylic acids is 1. The Morgan fingerprint density at radius 3 is 2.52 bits per heavy atom. The van der Waals surface area contributed by atoms with Crippen LogP contribution in [0.15, 0.2) is 17.0 Å². The first kappa shape index (κ1) is 21.3. The highest BCUT2D eigenvalue weighted by Gasteiger charge is 2.27. The van der Waals surface area contributed by atoms with E-state index in [-0.39, 0.29) is 38.2 Å². The van der Waals surface area contributed by atoms with Crippen LogP contribution in [-0.4, -0.2) is 48.4 Å². The molecule has 1 aromatic heterocycles. The largest absolute Gasteiger partial charge is 0.493 e. The lowest BCUT2D eigenvalue weighted by molar-refractivity contribution is 0.00922. The van der Waals surface area contributed by atoms with Gasteiger partial charge in [0.05, 0.1) is 22.2 Å². The van der Waals surface area contributed by atoms with E-state index in [1.54, 1.807) is 0 Å². The van der Waals surface area contributed by atoms with Gasteiger partial charge in [0.15, 0.2) is 9.84 Å². The molecule has 0 fully saturated rings. The van der Waals surface area contributed by atoms with Gasteiger partial charge in [-0.1, -0.05) is 11.6 Å². The maximum Gasteiger partial charge on any atom is 0.261 e. The van der Waals surface area contributed by atoms with Crippen molar-refractivity contribution in [2.75, 3.05) is 12.9 Å². The maximum absolute atomic E-state index is 12.8. The molecule has 0 aliphatic heterocycles. The maximum atomic E-state index is 12.8. The molecule has 0 amide bonds. The molecule has 0 radical (unpaired) electrons. The van der Waals surface area contributed by atoms with E-state index in [1.165, 1.54) is 20.0 Å². The fourth-order valence-electron chi connectivity index (χ4n) is 2.56. The summed E-state index contributed by atoms with van der Waals surface area (Å²) >= 11 is 6.23. The van der Waals surface area contributed by atoms with Crippen LogP contribution in [0, 0.1) is 6.92 Å². The number of aromatic nitrogens is 2. The molecular weight excluding hydrogens is 406 g/mol. The van der Waals surface area contributed by atoms with Crippen LogP contribution < -0.4 is 0 Å². The second-order valence-electron chi connectivity index (χ2n) is 5.82. The monoisotopic (exact) mass is 422 g/mol. The van der Waals surface area contributed by atoms with Crippen LogP contribution in [-0.2, 0) is 28.2 Å². The summed E-state index contributed by atoms with van der Waals surface area (Å²) in [6.07, 6.45) is -1.82. The lowest BCUT2D eigenvalue weighted by Crippen LogP contribution is -2.12. The van der Waals surface area contributed by atoms with Crippen molar-refractivity contribution in [2.45, 2.75) is 24.9 Å². The number of halogens is 3. The molecule has 0 saturated carbocycles. The zero-order chi connectivity index (χ0) is 20.5. The van der Waals surface area contributed by atoms with Crippen molar-refractivity contribution >= 4 is 27.2 Å². The average molecular weight is 423 g/mol. The number of aryl methyl sites for hydroxylation is 2. The van der Waals surface area contributed by atoms with E-state index in [1.807, 2.05) is 0 Å². The second-order valence-corrected chi connectivity index (χ2v) is 8.18. The first-order valence-corrected chi connectivity index (χ1v) is 9.86. The molecule has 1 heterocycles. The Balaban J connectivity index is 2.57. The van der Waals surface area contributed by atoms with Crippen molar-refractivity contribution < 1.29 is 31.8 Å². The minimum atomic E-state index is -3.76. The molecule has 27 heavy (non-hydrogen) atoms. The van der Waals surface area contributed by atoms with Crippen molar-refractivity contribution in [1.29, 1.82) is 0 Å². The molecule has 1 aromatic carbocycles. The molecule has 0 unspecified atom stereocenters. The molecule has 0 saturated heterocycles. The predicted molar refractivity (Wildman–Crippen MR) is 93.3 cm³/mol. The van der Waals surface area contributed by atoms with Crippen LogP contribution in [0.1, 0.15) is 27.2 Å². The summed E-state index contributed by atoms with van der Waals surface area (Å²) in [6, 6.07) is 2.35. The summed E-state index contributed by atoms with van der Waals surface area (Å²) in [5, 5.41) is 13.7. The van der Waals surface area contributed by atoms with Gasteiger partial charge in [0, 0.05) is 24.4 Å². The Hall–Kier alpha value is -2.04. The number of ether oxygens (including phenoxy) is 1. The van der Waals surface area contributed by atoms with E-state index < -0.39 is 35.3 Å². The highest BCUT2D eigenvalue weighted by Crippen LogP contribution is 2.32. The third kappa shape index (κ3) is 4.45. The number of ketones is 1. The second kappa shape index (κ2) is 7.91. The summed E-state index contributed by atoms with van der Waals surface area (Å²) in [7, 11) is -2.31. The topological polar surface area (TPSA) is 98.5 Å². The van der Waals surface area contributed by atoms with Gasteiger partial charge in [-0.3, -0.25) is 4.79 Å².